The molecule has 0 N–H and O–H groups in total. The highest BCUT2D eigenvalue weighted by atomic mass is 19.1. The summed E-state index contributed by atoms with van der Waals surface area (Å²) >= 11 is 0. The molecule has 222 valence electrons. The summed E-state index contributed by atoms with van der Waals surface area (Å²) in [5, 5.41) is 0. The van der Waals surface area contributed by atoms with Gasteiger partial charge in [0.15, 0.2) is 5.83 Å². The van der Waals surface area contributed by atoms with Gasteiger partial charge in [-0.2, -0.15) is 9.97 Å². The van der Waals surface area contributed by atoms with Crippen LogP contribution in [0.4, 0.5) is 15.9 Å². The van der Waals surface area contributed by atoms with Crippen LogP contribution in [-0.4, -0.2) is 96.2 Å². The molecule has 2 aromatic rings. The van der Waals surface area contributed by atoms with E-state index in [4.69, 9.17) is 21.3 Å². The monoisotopic (exact) mass is 574 g/mol. The van der Waals surface area contributed by atoms with Gasteiger partial charge < -0.3 is 29.2 Å². The molecule has 1 saturated heterocycles. The molecule has 2 aliphatic carbocycles. The second-order valence-electron chi connectivity index (χ2n) is 12.0. The fraction of sp³-hybridized carbons (Fsp3) is 0.581. The SMILES string of the molecule is [C-]#[N+]C[C@H]1CN(c2nc(OCCN(C)CC3CC3)nc3c2CCN(c2cnccc2C2CC2)C3)CCN1C(=O)C(=C)F. The zero-order valence-corrected chi connectivity index (χ0v) is 24.3. The van der Waals surface area contributed by atoms with Crippen LogP contribution in [0.25, 0.3) is 4.85 Å². The lowest BCUT2D eigenvalue weighted by molar-refractivity contribution is -0.131. The molecule has 0 unspecified atom stereocenters. The number of carbonyl (C=O) groups is 1. The zero-order chi connectivity index (χ0) is 29.2. The molecule has 0 aromatic carbocycles. The van der Waals surface area contributed by atoms with Crippen molar-refractivity contribution >= 4 is 17.4 Å². The number of amides is 1. The van der Waals surface area contributed by atoms with E-state index in [0.29, 0.717) is 38.2 Å². The van der Waals surface area contributed by atoms with Gasteiger partial charge in [-0.15, -0.1) is 0 Å². The molecule has 11 heteroatoms. The molecular formula is C31H39FN8O2. The number of fused-ring (bicyclic) bond motifs is 1. The third kappa shape index (κ3) is 6.33. The van der Waals surface area contributed by atoms with Gasteiger partial charge in [0.1, 0.15) is 18.5 Å². The molecule has 0 radical (unpaired) electrons. The van der Waals surface area contributed by atoms with Crippen molar-refractivity contribution < 1.29 is 13.9 Å². The summed E-state index contributed by atoms with van der Waals surface area (Å²) in [5.74, 6) is 0.461. The Labute approximate surface area is 247 Å². The quantitative estimate of drug-likeness (QED) is 0.298. The Morgan fingerprint density at radius 3 is 2.79 bits per heavy atom. The van der Waals surface area contributed by atoms with E-state index in [1.54, 1.807) is 0 Å². The first-order valence-electron chi connectivity index (χ1n) is 15.0. The molecule has 2 aromatic heterocycles. The number of rotatable bonds is 11. The average molecular weight is 575 g/mol. The summed E-state index contributed by atoms with van der Waals surface area (Å²) in [5.41, 5.74) is 4.52. The predicted molar refractivity (Wildman–Crippen MR) is 158 cm³/mol. The average Bonchev–Trinajstić information content (AvgIpc) is 3.92. The lowest BCUT2D eigenvalue weighted by Gasteiger charge is -2.41. The molecule has 4 aliphatic rings. The fourth-order valence-corrected chi connectivity index (χ4v) is 6.18. The van der Waals surface area contributed by atoms with Crippen molar-refractivity contribution in [1.82, 2.24) is 24.8 Å². The third-order valence-electron chi connectivity index (χ3n) is 8.76. The second kappa shape index (κ2) is 12.2. The number of halogens is 1. The molecule has 10 nitrogen and oxygen atoms in total. The first-order chi connectivity index (χ1) is 20.4. The maximum Gasteiger partial charge on any atom is 0.318 e. The van der Waals surface area contributed by atoms with E-state index in [1.165, 1.54) is 41.8 Å². The van der Waals surface area contributed by atoms with Crippen LogP contribution in [0, 0.1) is 12.5 Å². The van der Waals surface area contributed by atoms with Crippen molar-refractivity contribution in [3.8, 4) is 6.01 Å². The topological polar surface area (TPSA) is 82.3 Å². The number of nitrogens with zero attached hydrogens (tertiary/aromatic N) is 8. The van der Waals surface area contributed by atoms with Gasteiger partial charge in [-0.3, -0.25) is 9.78 Å². The number of likely N-dealkylation sites (N-methyl/N-ethyl adjacent to an activating group) is 1. The van der Waals surface area contributed by atoms with Crippen LogP contribution in [0.1, 0.15) is 48.4 Å². The molecule has 0 bridgehead atoms. The van der Waals surface area contributed by atoms with Gasteiger partial charge in [0.2, 0.25) is 6.54 Å². The van der Waals surface area contributed by atoms with Crippen molar-refractivity contribution in [2.24, 2.45) is 5.92 Å². The van der Waals surface area contributed by atoms with Gasteiger partial charge in [0, 0.05) is 51.0 Å². The highest BCUT2D eigenvalue weighted by molar-refractivity contribution is 5.91. The van der Waals surface area contributed by atoms with Gasteiger partial charge in [-0.1, -0.05) is 6.58 Å². The van der Waals surface area contributed by atoms with E-state index in [9.17, 15) is 9.18 Å². The van der Waals surface area contributed by atoms with Gasteiger partial charge in [0.25, 0.3) is 5.91 Å². The molecule has 0 spiro atoms. The number of hydrogen-bond acceptors (Lipinski definition) is 8. The van der Waals surface area contributed by atoms with E-state index in [0.717, 1.165) is 49.0 Å². The molecular weight excluding hydrogens is 535 g/mol. The normalized spacial score (nSPS) is 20.3. The lowest BCUT2D eigenvalue weighted by atomic mass is 10.0. The third-order valence-corrected chi connectivity index (χ3v) is 8.76. The molecule has 6 rings (SSSR count). The second-order valence-corrected chi connectivity index (χ2v) is 12.0. The Balaban J connectivity index is 1.26. The van der Waals surface area contributed by atoms with Crippen molar-refractivity contribution in [1.29, 1.82) is 0 Å². The van der Waals surface area contributed by atoms with Crippen LogP contribution in [0.15, 0.2) is 30.9 Å². The van der Waals surface area contributed by atoms with Crippen LogP contribution in [-0.2, 0) is 17.8 Å². The van der Waals surface area contributed by atoms with E-state index in [2.05, 4.69) is 44.2 Å². The van der Waals surface area contributed by atoms with Crippen molar-refractivity contribution in [3.63, 3.8) is 0 Å². The fourth-order valence-electron chi connectivity index (χ4n) is 6.18. The molecule has 1 atom stereocenters. The molecule has 42 heavy (non-hydrogen) atoms. The van der Waals surface area contributed by atoms with Crippen molar-refractivity contribution in [2.75, 3.05) is 69.3 Å². The number of pyridine rings is 1. The van der Waals surface area contributed by atoms with Crippen LogP contribution < -0.4 is 14.5 Å². The maximum absolute atomic E-state index is 13.8. The minimum atomic E-state index is -0.999. The first-order valence-corrected chi connectivity index (χ1v) is 15.0. The Bertz CT molecular complexity index is 1370. The summed E-state index contributed by atoms with van der Waals surface area (Å²) in [4.78, 5) is 38.5. The number of hydrogen-bond donors (Lipinski definition) is 0. The van der Waals surface area contributed by atoms with Gasteiger partial charge in [-0.25, -0.2) is 11.0 Å². The van der Waals surface area contributed by atoms with Crippen molar-refractivity contribution in [2.45, 2.75) is 50.6 Å². The number of ether oxygens (including phenoxy) is 1. The van der Waals surface area contributed by atoms with Crippen LogP contribution in [0.5, 0.6) is 6.01 Å². The minimum Gasteiger partial charge on any atom is -0.462 e. The van der Waals surface area contributed by atoms with E-state index in [-0.39, 0.29) is 13.1 Å². The Morgan fingerprint density at radius 1 is 1.21 bits per heavy atom. The van der Waals surface area contributed by atoms with Gasteiger partial charge in [0.05, 0.1) is 24.1 Å². The lowest BCUT2D eigenvalue weighted by Crippen LogP contribution is -2.57. The van der Waals surface area contributed by atoms with Gasteiger partial charge >= 0.3 is 6.01 Å². The standard InChI is InChI=1S/C31H39FN8O2/c1-21(32)30(41)40-13-12-39(19-24(40)16-33-2)29-26-9-11-38(28-17-34-10-8-25(28)23-6-7-23)20-27(26)35-31(36-29)42-15-14-37(3)18-22-4-5-22/h8,10,17,22-24H,1,4-7,9,11-16,18-20H2,3H3/t24-/m0/s1. The number of piperazine rings is 1. The number of anilines is 2. The van der Waals surface area contributed by atoms with Gasteiger partial charge in [-0.05, 0) is 62.6 Å². The number of aromatic nitrogens is 3. The molecule has 4 heterocycles. The molecule has 2 saturated carbocycles. The van der Waals surface area contributed by atoms with Crippen LogP contribution >= 0.6 is 0 Å². The van der Waals surface area contributed by atoms with Crippen LogP contribution in [0.2, 0.25) is 0 Å². The Hall–Kier alpha value is -3.78. The van der Waals surface area contributed by atoms with E-state index in [1.807, 2.05) is 12.4 Å². The van der Waals surface area contributed by atoms with E-state index < -0.39 is 17.8 Å². The minimum absolute atomic E-state index is 0.0816. The molecule has 3 fully saturated rings. The molecule has 2 aliphatic heterocycles. The summed E-state index contributed by atoms with van der Waals surface area (Å²) in [6, 6.07) is 2.03. The zero-order valence-electron chi connectivity index (χ0n) is 24.3. The largest absolute Gasteiger partial charge is 0.462 e. The first kappa shape index (κ1) is 28.3. The Morgan fingerprint density at radius 2 is 2.05 bits per heavy atom. The highest BCUT2D eigenvalue weighted by Crippen LogP contribution is 2.45. The van der Waals surface area contributed by atoms with Crippen molar-refractivity contribution in [3.05, 3.63) is 59.1 Å². The number of carbonyl (C=O) groups excluding carboxylic acids is 1. The van der Waals surface area contributed by atoms with Crippen LogP contribution in [0.3, 0.4) is 0 Å². The smallest absolute Gasteiger partial charge is 0.318 e. The maximum atomic E-state index is 13.8. The summed E-state index contributed by atoms with van der Waals surface area (Å²) < 4.78 is 19.9. The predicted octanol–water partition coefficient (Wildman–Crippen LogP) is 3.45. The van der Waals surface area contributed by atoms with E-state index >= 15 is 0 Å². The Kier molecular flexibility index (Phi) is 8.24. The summed E-state index contributed by atoms with van der Waals surface area (Å²) in [6.07, 6.45) is 9.66. The highest BCUT2D eigenvalue weighted by Gasteiger charge is 2.37. The summed E-state index contributed by atoms with van der Waals surface area (Å²) in [6.45, 7) is 15.6. The summed E-state index contributed by atoms with van der Waals surface area (Å²) in [7, 11) is 2.12. The molecule has 1 amide bonds.